The van der Waals surface area contributed by atoms with Crippen LogP contribution in [-0.4, -0.2) is 66.9 Å². The fourth-order valence-corrected chi connectivity index (χ4v) is 5.89. The van der Waals surface area contributed by atoms with Gasteiger partial charge in [-0.3, -0.25) is 4.90 Å². The minimum Gasteiger partial charge on any atom is -0.493 e. The van der Waals surface area contributed by atoms with Gasteiger partial charge in [-0.05, 0) is 70.0 Å². The molecule has 1 unspecified atom stereocenters. The van der Waals surface area contributed by atoms with Crippen molar-refractivity contribution >= 4 is 0 Å². The molecule has 0 radical (unpaired) electrons. The molecular weight excluding hydrogens is 364 g/mol. The molecule has 1 aromatic carbocycles. The molecule has 0 saturated carbocycles. The first-order valence-electron chi connectivity index (χ1n) is 11.4. The van der Waals surface area contributed by atoms with E-state index in [1.165, 1.54) is 56.4 Å². The Labute approximate surface area is 174 Å². The lowest BCUT2D eigenvalue weighted by Gasteiger charge is -2.36. The van der Waals surface area contributed by atoms with E-state index in [1.54, 1.807) is 7.11 Å². The number of aliphatic hydroxyl groups is 1. The number of rotatable bonds is 5. The summed E-state index contributed by atoms with van der Waals surface area (Å²) in [7, 11) is 1.71. The van der Waals surface area contributed by atoms with E-state index in [4.69, 9.17) is 9.47 Å². The van der Waals surface area contributed by atoms with Crippen LogP contribution in [0, 0.1) is 0 Å². The maximum atomic E-state index is 10.2. The summed E-state index contributed by atoms with van der Waals surface area (Å²) in [5.74, 6) is 1.72. The molecule has 0 amide bonds. The smallest absolute Gasteiger partial charge is 0.166 e. The normalized spacial score (nSPS) is 31.7. The highest BCUT2D eigenvalue weighted by Gasteiger charge is 2.52. The molecular formula is C24H34N2O3. The van der Waals surface area contributed by atoms with Crippen molar-refractivity contribution in [3.63, 3.8) is 0 Å². The van der Waals surface area contributed by atoms with Gasteiger partial charge in [0, 0.05) is 18.5 Å². The van der Waals surface area contributed by atoms with Crippen molar-refractivity contribution in [3.05, 3.63) is 35.4 Å². The molecule has 3 heterocycles. The average Bonchev–Trinajstić information content (AvgIpc) is 2.98. The van der Waals surface area contributed by atoms with Gasteiger partial charge in [0.1, 0.15) is 6.10 Å². The lowest BCUT2D eigenvalue weighted by atomic mass is 9.69. The predicted octanol–water partition coefficient (Wildman–Crippen LogP) is 3.10. The Morgan fingerprint density at radius 1 is 1.14 bits per heavy atom. The first-order chi connectivity index (χ1) is 14.2. The van der Waals surface area contributed by atoms with E-state index in [0.29, 0.717) is 6.42 Å². The zero-order valence-electron chi connectivity index (χ0n) is 17.6. The molecule has 5 nitrogen and oxygen atoms in total. The summed E-state index contributed by atoms with van der Waals surface area (Å²) in [5.41, 5.74) is 2.54. The molecule has 1 aromatic rings. The Kier molecular flexibility index (Phi) is 5.31. The number of ether oxygens (including phenoxy) is 2. The lowest BCUT2D eigenvalue weighted by molar-refractivity contribution is 0.0807. The van der Waals surface area contributed by atoms with Crippen LogP contribution < -0.4 is 9.47 Å². The fourth-order valence-electron chi connectivity index (χ4n) is 5.89. The van der Waals surface area contributed by atoms with Crippen molar-refractivity contribution in [2.45, 2.75) is 62.7 Å². The SMILES string of the molecule is COc1ccc2c3c1O[C@H]1C[C@@H](O)C=CC31CCN(CCCN1CCCCC1)C2. The Balaban J connectivity index is 1.37. The standard InChI is InChI=1S/C24H34N2O3/c1-28-20-7-6-18-17-26(14-5-13-25-11-3-2-4-12-25)15-10-24-9-8-19(27)16-21(24)29-23(20)22(18)24/h6-9,19,21,27H,2-5,10-17H2,1H3/t19-,21-,24?/m0/s1. The minimum absolute atomic E-state index is 0.000787. The third-order valence-electron chi connectivity index (χ3n) is 7.43. The molecule has 1 fully saturated rings. The monoisotopic (exact) mass is 398 g/mol. The van der Waals surface area contributed by atoms with E-state index < -0.39 is 6.10 Å². The van der Waals surface area contributed by atoms with Crippen LogP contribution in [0.15, 0.2) is 24.3 Å². The van der Waals surface area contributed by atoms with Gasteiger partial charge in [-0.1, -0.05) is 24.6 Å². The van der Waals surface area contributed by atoms with Gasteiger partial charge >= 0.3 is 0 Å². The molecule has 0 bridgehead atoms. The Hall–Kier alpha value is -1.56. The van der Waals surface area contributed by atoms with Crippen molar-refractivity contribution in [3.8, 4) is 11.5 Å². The number of hydrogen-bond donors (Lipinski definition) is 1. The average molecular weight is 399 g/mol. The van der Waals surface area contributed by atoms with Crippen LogP contribution in [-0.2, 0) is 12.0 Å². The number of aliphatic hydroxyl groups excluding tert-OH is 1. The third kappa shape index (κ3) is 3.47. The Bertz CT molecular complexity index is 774. The Morgan fingerprint density at radius 2 is 1.97 bits per heavy atom. The topological polar surface area (TPSA) is 45.2 Å². The van der Waals surface area contributed by atoms with E-state index in [-0.39, 0.29) is 11.5 Å². The number of likely N-dealkylation sites (tertiary alicyclic amines) is 1. The fraction of sp³-hybridized carbons (Fsp3) is 0.667. The largest absolute Gasteiger partial charge is 0.493 e. The van der Waals surface area contributed by atoms with E-state index in [2.05, 4.69) is 28.0 Å². The van der Waals surface area contributed by atoms with Crippen LogP contribution in [0.25, 0.3) is 0 Å². The molecule has 1 N–H and O–H groups in total. The molecule has 5 heteroatoms. The minimum atomic E-state index is -0.418. The molecule has 1 aliphatic carbocycles. The molecule has 29 heavy (non-hydrogen) atoms. The quantitative estimate of drug-likeness (QED) is 0.773. The van der Waals surface area contributed by atoms with Gasteiger partial charge in [-0.15, -0.1) is 0 Å². The van der Waals surface area contributed by atoms with Gasteiger partial charge < -0.3 is 19.5 Å². The summed E-state index contributed by atoms with van der Waals surface area (Å²) in [6, 6.07) is 4.28. The number of benzene rings is 1. The molecule has 0 aromatic heterocycles. The van der Waals surface area contributed by atoms with Gasteiger partial charge in [0.25, 0.3) is 0 Å². The second kappa shape index (κ2) is 7.93. The van der Waals surface area contributed by atoms with Crippen LogP contribution >= 0.6 is 0 Å². The summed E-state index contributed by atoms with van der Waals surface area (Å²) in [5, 5.41) is 10.2. The first-order valence-corrected chi connectivity index (χ1v) is 11.4. The van der Waals surface area contributed by atoms with Crippen LogP contribution in [0.1, 0.15) is 49.7 Å². The zero-order valence-corrected chi connectivity index (χ0v) is 17.6. The molecule has 3 atom stereocenters. The third-order valence-corrected chi connectivity index (χ3v) is 7.43. The van der Waals surface area contributed by atoms with Gasteiger partial charge in [-0.25, -0.2) is 0 Å². The maximum absolute atomic E-state index is 10.2. The molecule has 4 aliphatic rings. The van der Waals surface area contributed by atoms with E-state index in [9.17, 15) is 5.11 Å². The van der Waals surface area contributed by atoms with Crippen molar-refractivity contribution in [1.29, 1.82) is 0 Å². The van der Waals surface area contributed by atoms with Crippen molar-refractivity contribution in [2.75, 3.05) is 39.8 Å². The second-order valence-corrected chi connectivity index (χ2v) is 9.22. The van der Waals surface area contributed by atoms with Crippen LogP contribution in [0.2, 0.25) is 0 Å². The van der Waals surface area contributed by atoms with Crippen molar-refractivity contribution in [1.82, 2.24) is 9.80 Å². The van der Waals surface area contributed by atoms with Gasteiger partial charge in [-0.2, -0.15) is 0 Å². The van der Waals surface area contributed by atoms with Gasteiger partial charge in [0.15, 0.2) is 11.5 Å². The van der Waals surface area contributed by atoms with E-state index in [1.807, 2.05) is 6.08 Å². The zero-order chi connectivity index (χ0) is 19.8. The summed E-state index contributed by atoms with van der Waals surface area (Å²) in [4.78, 5) is 5.26. The summed E-state index contributed by atoms with van der Waals surface area (Å²) >= 11 is 0. The number of piperidine rings is 1. The first kappa shape index (κ1) is 19.4. The molecule has 5 rings (SSSR count). The van der Waals surface area contributed by atoms with Gasteiger partial charge in [0.05, 0.1) is 18.6 Å². The van der Waals surface area contributed by atoms with Crippen molar-refractivity contribution < 1.29 is 14.6 Å². The van der Waals surface area contributed by atoms with E-state index in [0.717, 1.165) is 37.6 Å². The molecule has 1 spiro atoms. The number of nitrogens with zero attached hydrogens (tertiary/aromatic N) is 2. The summed E-state index contributed by atoms with van der Waals surface area (Å²) < 4.78 is 12.0. The van der Waals surface area contributed by atoms with E-state index >= 15 is 0 Å². The predicted molar refractivity (Wildman–Crippen MR) is 114 cm³/mol. The Morgan fingerprint density at radius 3 is 2.79 bits per heavy atom. The molecule has 1 saturated heterocycles. The highest BCUT2D eigenvalue weighted by atomic mass is 16.5. The summed E-state index contributed by atoms with van der Waals surface area (Å²) in [6.07, 6.45) is 10.9. The lowest BCUT2D eigenvalue weighted by Crippen LogP contribution is -2.43. The molecule has 158 valence electrons. The highest BCUT2D eigenvalue weighted by molar-refractivity contribution is 5.60. The van der Waals surface area contributed by atoms with Crippen LogP contribution in [0.5, 0.6) is 11.5 Å². The second-order valence-electron chi connectivity index (χ2n) is 9.22. The van der Waals surface area contributed by atoms with Crippen LogP contribution in [0.3, 0.4) is 0 Å². The van der Waals surface area contributed by atoms with Gasteiger partial charge in [0.2, 0.25) is 0 Å². The number of hydrogen-bond acceptors (Lipinski definition) is 5. The maximum Gasteiger partial charge on any atom is 0.166 e. The van der Waals surface area contributed by atoms with Crippen LogP contribution in [0.4, 0.5) is 0 Å². The highest BCUT2D eigenvalue weighted by Crippen LogP contribution is 2.55. The molecule has 3 aliphatic heterocycles. The summed E-state index contributed by atoms with van der Waals surface area (Å²) in [6.45, 7) is 6.96. The van der Waals surface area contributed by atoms with Crippen molar-refractivity contribution in [2.24, 2.45) is 0 Å². The number of methoxy groups -OCH3 is 1.